The maximum Gasteiger partial charge on any atom is 0.254 e. The van der Waals surface area contributed by atoms with Crippen LogP contribution in [0.1, 0.15) is 42.5 Å². The second kappa shape index (κ2) is 8.62. The van der Waals surface area contributed by atoms with Crippen LogP contribution in [0.15, 0.2) is 12.1 Å². The van der Waals surface area contributed by atoms with Crippen molar-refractivity contribution in [3.05, 3.63) is 17.7 Å². The highest BCUT2D eigenvalue weighted by Crippen LogP contribution is 2.38. The summed E-state index contributed by atoms with van der Waals surface area (Å²) in [5.74, 6) is 1.56. The third-order valence-electron chi connectivity index (χ3n) is 5.57. The van der Waals surface area contributed by atoms with E-state index in [-0.39, 0.29) is 5.91 Å². The van der Waals surface area contributed by atoms with Gasteiger partial charge >= 0.3 is 0 Å². The molecule has 144 valence electrons. The fraction of sp³-hybridized carbons (Fsp3) is 0.650. The van der Waals surface area contributed by atoms with Gasteiger partial charge in [-0.1, -0.05) is 6.42 Å². The second-order valence-electron chi connectivity index (χ2n) is 7.03. The Morgan fingerprint density at radius 1 is 0.885 bits per heavy atom. The highest BCUT2D eigenvalue weighted by atomic mass is 16.5. The predicted octanol–water partition coefficient (Wildman–Crippen LogP) is 2.80. The summed E-state index contributed by atoms with van der Waals surface area (Å²) >= 11 is 0. The highest BCUT2D eigenvalue weighted by molar-refractivity contribution is 5.95. The van der Waals surface area contributed by atoms with E-state index >= 15 is 0 Å². The molecule has 1 aromatic carbocycles. The summed E-state index contributed by atoms with van der Waals surface area (Å²) in [6, 6.07) is 4.10. The van der Waals surface area contributed by atoms with Gasteiger partial charge in [-0.25, -0.2) is 0 Å². The lowest BCUT2D eigenvalue weighted by Gasteiger charge is -2.40. The topological polar surface area (TPSA) is 51.2 Å². The average molecular weight is 362 g/mol. The molecule has 26 heavy (non-hydrogen) atoms. The highest BCUT2D eigenvalue weighted by Gasteiger charge is 2.29. The second-order valence-corrected chi connectivity index (χ2v) is 7.03. The number of rotatable bonds is 5. The Morgan fingerprint density at radius 3 is 1.96 bits per heavy atom. The monoisotopic (exact) mass is 362 g/mol. The zero-order valence-electron chi connectivity index (χ0n) is 16.1. The van der Waals surface area contributed by atoms with Crippen LogP contribution < -0.4 is 14.2 Å². The predicted molar refractivity (Wildman–Crippen MR) is 100 cm³/mol. The molecule has 0 N–H and O–H groups in total. The standard InChI is InChI=1S/C20H30N2O4/c1-24-17-13-15(14-18(25-2)19(17)26-3)20(23)22-11-7-16(8-12-22)21-9-5-4-6-10-21/h13-14,16H,4-12H2,1-3H3. The maximum absolute atomic E-state index is 13.0. The van der Waals surface area contributed by atoms with Gasteiger partial charge in [0.15, 0.2) is 11.5 Å². The van der Waals surface area contributed by atoms with Crippen molar-refractivity contribution < 1.29 is 19.0 Å². The molecule has 0 bridgehead atoms. The largest absolute Gasteiger partial charge is 0.493 e. The normalized spacial score (nSPS) is 19.3. The number of piperidine rings is 2. The lowest BCUT2D eigenvalue weighted by Crippen LogP contribution is -2.48. The molecule has 2 fully saturated rings. The smallest absolute Gasteiger partial charge is 0.254 e. The summed E-state index contributed by atoms with van der Waals surface area (Å²) in [5, 5.41) is 0. The number of likely N-dealkylation sites (tertiary alicyclic amines) is 2. The van der Waals surface area contributed by atoms with Gasteiger partial charge in [0.2, 0.25) is 5.75 Å². The summed E-state index contributed by atoms with van der Waals surface area (Å²) in [5.41, 5.74) is 0.580. The van der Waals surface area contributed by atoms with Crippen LogP contribution in [-0.4, -0.2) is 69.3 Å². The van der Waals surface area contributed by atoms with Gasteiger partial charge in [-0.2, -0.15) is 0 Å². The van der Waals surface area contributed by atoms with Crippen molar-refractivity contribution >= 4 is 5.91 Å². The zero-order valence-corrected chi connectivity index (χ0v) is 16.1. The summed E-state index contributed by atoms with van der Waals surface area (Å²) in [6.45, 7) is 4.03. The number of nitrogens with zero attached hydrogens (tertiary/aromatic N) is 2. The molecule has 6 nitrogen and oxygen atoms in total. The Labute approximate surface area is 156 Å². The number of ether oxygens (including phenoxy) is 3. The first kappa shape index (κ1) is 18.8. The van der Waals surface area contributed by atoms with Crippen LogP contribution in [0, 0.1) is 0 Å². The summed E-state index contributed by atoms with van der Waals surface area (Å²) in [7, 11) is 4.69. The van der Waals surface area contributed by atoms with E-state index in [2.05, 4.69) is 4.90 Å². The SMILES string of the molecule is COc1cc(C(=O)N2CCC(N3CCCCC3)CC2)cc(OC)c1OC. The van der Waals surface area contributed by atoms with Crippen LogP contribution in [0.2, 0.25) is 0 Å². The Bertz CT molecular complexity index is 595. The van der Waals surface area contributed by atoms with E-state index in [1.807, 2.05) is 4.90 Å². The fourth-order valence-corrected chi connectivity index (χ4v) is 4.10. The molecule has 2 aliphatic rings. The molecule has 0 aliphatic carbocycles. The van der Waals surface area contributed by atoms with E-state index in [9.17, 15) is 4.79 Å². The molecule has 6 heteroatoms. The third kappa shape index (κ3) is 3.90. The van der Waals surface area contributed by atoms with Crippen molar-refractivity contribution in [3.8, 4) is 17.2 Å². The van der Waals surface area contributed by atoms with Crippen molar-refractivity contribution in [1.82, 2.24) is 9.80 Å². The van der Waals surface area contributed by atoms with Crippen LogP contribution in [0.5, 0.6) is 17.2 Å². The lowest BCUT2D eigenvalue weighted by atomic mass is 9.99. The van der Waals surface area contributed by atoms with E-state index in [1.165, 1.54) is 32.4 Å². The Kier molecular flexibility index (Phi) is 6.25. The van der Waals surface area contributed by atoms with E-state index in [4.69, 9.17) is 14.2 Å². The molecular formula is C20H30N2O4. The minimum Gasteiger partial charge on any atom is -0.493 e. The quantitative estimate of drug-likeness (QED) is 0.806. The summed E-state index contributed by atoms with van der Waals surface area (Å²) in [4.78, 5) is 17.5. The van der Waals surface area contributed by atoms with E-state index in [0.717, 1.165) is 25.9 Å². The van der Waals surface area contributed by atoms with E-state index in [0.29, 0.717) is 28.9 Å². The molecular weight excluding hydrogens is 332 g/mol. The van der Waals surface area contributed by atoms with Gasteiger partial charge in [0.1, 0.15) is 0 Å². The number of methoxy groups -OCH3 is 3. The Balaban J connectivity index is 1.68. The van der Waals surface area contributed by atoms with Crippen molar-refractivity contribution in [1.29, 1.82) is 0 Å². The molecule has 2 saturated heterocycles. The van der Waals surface area contributed by atoms with Gasteiger partial charge < -0.3 is 24.0 Å². The van der Waals surface area contributed by atoms with E-state index < -0.39 is 0 Å². The summed E-state index contributed by atoms with van der Waals surface area (Å²) < 4.78 is 16.1. The van der Waals surface area contributed by atoms with Crippen molar-refractivity contribution in [2.45, 2.75) is 38.1 Å². The maximum atomic E-state index is 13.0. The summed E-state index contributed by atoms with van der Waals surface area (Å²) in [6.07, 6.45) is 6.08. The van der Waals surface area contributed by atoms with Gasteiger partial charge in [0, 0.05) is 24.7 Å². The van der Waals surface area contributed by atoms with Crippen molar-refractivity contribution in [3.63, 3.8) is 0 Å². The average Bonchev–Trinajstić information content (AvgIpc) is 2.72. The third-order valence-corrected chi connectivity index (χ3v) is 5.57. The lowest BCUT2D eigenvalue weighted by molar-refractivity contribution is 0.0589. The molecule has 0 unspecified atom stereocenters. The molecule has 1 aromatic rings. The van der Waals surface area contributed by atoms with Gasteiger partial charge in [0.05, 0.1) is 21.3 Å². The van der Waals surface area contributed by atoms with Gasteiger partial charge in [-0.05, 0) is 50.9 Å². The molecule has 0 radical (unpaired) electrons. The molecule has 0 atom stereocenters. The van der Waals surface area contributed by atoms with Gasteiger partial charge in [-0.15, -0.1) is 0 Å². The minimum absolute atomic E-state index is 0.0290. The molecule has 2 heterocycles. The number of carbonyl (C=O) groups is 1. The zero-order chi connectivity index (χ0) is 18.5. The molecule has 3 rings (SSSR count). The number of amides is 1. The number of benzene rings is 1. The Hall–Kier alpha value is -1.95. The first-order valence-corrected chi connectivity index (χ1v) is 9.51. The number of carbonyl (C=O) groups excluding carboxylic acids is 1. The molecule has 2 aliphatic heterocycles. The molecule has 0 saturated carbocycles. The Morgan fingerprint density at radius 2 is 1.46 bits per heavy atom. The number of hydrogen-bond acceptors (Lipinski definition) is 5. The van der Waals surface area contributed by atoms with E-state index in [1.54, 1.807) is 33.5 Å². The van der Waals surface area contributed by atoms with Gasteiger partial charge in [0.25, 0.3) is 5.91 Å². The molecule has 0 spiro atoms. The number of hydrogen-bond donors (Lipinski definition) is 0. The van der Waals surface area contributed by atoms with Crippen LogP contribution in [0.3, 0.4) is 0 Å². The minimum atomic E-state index is 0.0290. The molecule has 0 aromatic heterocycles. The van der Waals surface area contributed by atoms with Gasteiger partial charge in [-0.3, -0.25) is 4.79 Å². The van der Waals surface area contributed by atoms with Crippen molar-refractivity contribution in [2.24, 2.45) is 0 Å². The molecule has 1 amide bonds. The first-order chi connectivity index (χ1) is 12.7. The van der Waals surface area contributed by atoms with Crippen LogP contribution in [0.4, 0.5) is 0 Å². The first-order valence-electron chi connectivity index (χ1n) is 9.51. The van der Waals surface area contributed by atoms with Crippen LogP contribution in [0.25, 0.3) is 0 Å². The van der Waals surface area contributed by atoms with Crippen LogP contribution >= 0.6 is 0 Å². The fourth-order valence-electron chi connectivity index (χ4n) is 4.10. The van der Waals surface area contributed by atoms with Crippen molar-refractivity contribution in [2.75, 3.05) is 47.5 Å². The van der Waals surface area contributed by atoms with Crippen LogP contribution in [-0.2, 0) is 0 Å².